The molecule has 0 bridgehead atoms. The lowest BCUT2D eigenvalue weighted by Gasteiger charge is -2.34. The zero-order chi connectivity index (χ0) is 14.3. The van der Waals surface area contributed by atoms with Gasteiger partial charge in [0.15, 0.2) is 0 Å². The SMILES string of the molecule is CNC1(CO)CCCC1CCN(C)CCCN(C)C. The number of hydrogen-bond acceptors (Lipinski definition) is 4. The van der Waals surface area contributed by atoms with Crippen LogP contribution in [-0.2, 0) is 0 Å². The molecule has 2 unspecified atom stereocenters. The van der Waals surface area contributed by atoms with Crippen molar-refractivity contribution in [1.29, 1.82) is 0 Å². The largest absolute Gasteiger partial charge is 0.394 e. The van der Waals surface area contributed by atoms with Crippen LogP contribution < -0.4 is 5.32 Å². The smallest absolute Gasteiger partial charge is 0.0615 e. The van der Waals surface area contributed by atoms with Gasteiger partial charge in [-0.3, -0.25) is 0 Å². The van der Waals surface area contributed by atoms with Crippen molar-refractivity contribution in [2.75, 3.05) is 54.4 Å². The van der Waals surface area contributed by atoms with E-state index in [9.17, 15) is 5.11 Å². The Morgan fingerprint density at radius 2 is 1.95 bits per heavy atom. The first-order chi connectivity index (χ1) is 9.04. The number of aliphatic hydroxyl groups excluding tert-OH is 1. The van der Waals surface area contributed by atoms with Crippen LogP contribution in [0.5, 0.6) is 0 Å². The van der Waals surface area contributed by atoms with Crippen molar-refractivity contribution in [3.8, 4) is 0 Å². The normalized spacial score (nSPS) is 27.6. The molecule has 1 fully saturated rings. The molecule has 1 aliphatic carbocycles. The summed E-state index contributed by atoms with van der Waals surface area (Å²) in [7, 11) is 8.46. The molecule has 19 heavy (non-hydrogen) atoms. The zero-order valence-corrected chi connectivity index (χ0v) is 13.3. The average molecular weight is 271 g/mol. The highest BCUT2D eigenvalue weighted by molar-refractivity contribution is 4.98. The van der Waals surface area contributed by atoms with Crippen molar-refractivity contribution in [1.82, 2.24) is 15.1 Å². The molecule has 0 saturated heterocycles. The molecule has 114 valence electrons. The van der Waals surface area contributed by atoms with E-state index in [-0.39, 0.29) is 12.1 Å². The highest BCUT2D eigenvalue weighted by Crippen LogP contribution is 2.37. The number of nitrogens with zero attached hydrogens (tertiary/aromatic N) is 2. The molecular formula is C15H33N3O. The Kier molecular flexibility index (Phi) is 7.29. The van der Waals surface area contributed by atoms with E-state index in [0.29, 0.717) is 5.92 Å². The van der Waals surface area contributed by atoms with Gasteiger partial charge in [0.1, 0.15) is 0 Å². The molecule has 4 nitrogen and oxygen atoms in total. The minimum Gasteiger partial charge on any atom is -0.394 e. The topological polar surface area (TPSA) is 38.7 Å². The molecule has 1 rings (SSSR count). The predicted octanol–water partition coefficient (Wildman–Crippen LogP) is 1.01. The number of rotatable bonds is 9. The van der Waals surface area contributed by atoms with Crippen molar-refractivity contribution >= 4 is 0 Å². The number of aliphatic hydroxyl groups is 1. The van der Waals surface area contributed by atoms with Crippen molar-refractivity contribution in [3.05, 3.63) is 0 Å². The van der Waals surface area contributed by atoms with Crippen LogP contribution in [0.1, 0.15) is 32.1 Å². The molecule has 0 amide bonds. The maximum Gasteiger partial charge on any atom is 0.0615 e. The van der Waals surface area contributed by atoms with Crippen LogP contribution in [0.3, 0.4) is 0 Å². The maximum absolute atomic E-state index is 9.67. The highest BCUT2D eigenvalue weighted by Gasteiger charge is 2.40. The molecule has 1 aliphatic rings. The van der Waals surface area contributed by atoms with Crippen LogP contribution in [0.4, 0.5) is 0 Å². The number of hydrogen-bond donors (Lipinski definition) is 2. The summed E-state index contributed by atoms with van der Waals surface area (Å²) >= 11 is 0. The van der Waals surface area contributed by atoms with Crippen molar-refractivity contribution < 1.29 is 5.11 Å². The standard InChI is InChI=1S/C15H33N3O/c1-16-15(13-19)9-5-7-14(15)8-12-18(4)11-6-10-17(2)3/h14,16,19H,5-13H2,1-4H3. The molecule has 0 aromatic rings. The lowest BCUT2D eigenvalue weighted by Crippen LogP contribution is -2.50. The maximum atomic E-state index is 9.67. The van der Waals surface area contributed by atoms with Crippen LogP contribution >= 0.6 is 0 Å². The third kappa shape index (κ3) is 5.03. The van der Waals surface area contributed by atoms with Crippen molar-refractivity contribution in [3.63, 3.8) is 0 Å². The van der Waals surface area contributed by atoms with Crippen LogP contribution in [-0.4, -0.2) is 74.9 Å². The van der Waals surface area contributed by atoms with Gasteiger partial charge in [-0.05, 0) is 79.4 Å². The van der Waals surface area contributed by atoms with Crippen LogP contribution in [0.15, 0.2) is 0 Å². The van der Waals surface area contributed by atoms with Crippen LogP contribution in [0.25, 0.3) is 0 Å². The number of likely N-dealkylation sites (N-methyl/N-ethyl adjacent to an activating group) is 1. The van der Waals surface area contributed by atoms with Crippen molar-refractivity contribution in [2.24, 2.45) is 5.92 Å². The van der Waals surface area contributed by atoms with Gasteiger partial charge in [-0.2, -0.15) is 0 Å². The molecule has 2 N–H and O–H groups in total. The predicted molar refractivity (Wildman–Crippen MR) is 81.5 cm³/mol. The Morgan fingerprint density at radius 1 is 1.21 bits per heavy atom. The van der Waals surface area contributed by atoms with Gasteiger partial charge in [-0.1, -0.05) is 6.42 Å². The van der Waals surface area contributed by atoms with E-state index in [0.717, 1.165) is 26.1 Å². The summed E-state index contributed by atoms with van der Waals surface area (Å²) in [6.07, 6.45) is 6.05. The minimum absolute atomic E-state index is 0.00945. The molecule has 0 heterocycles. The summed E-state index contributed by atoms with van der Waals surface area (Å²) in [6.45, 7) is 3.74. The van der Waals surface area contributed by atoms with Crippen LogP contribution in [0.2, 0.25) is 0 Å². The van der Waals surface area contributed by atoms with Gasteiger partial charge >= 0.3 is 0 Å². The third-order valence-corrected chi connectivity index (χ3v) is 4.74. The van der Waals surface area contributed by atoms with E-state index in [1.165, 1.54) is 25.7 Å². The molecule has 0 aromatic carbocycles. The van der Waals surface area contributed by atoms with Gasteiger partial charge in [0.05, 0.1) is 6.61 Å². The Bertz CT molecular complexity index is 242. The average Bonchev–Trinajstić information content (AvgIpc) is 2.79. The first-order valence-electron chi connectivity index (χ1n) is 7.67. The van der Waals surface area contributed by atoms with Gasteiger partial charge in [-0.15, -0.1) is 0 Å². The Hall–Kier alpha value is -0.160. The van der Waals surface area contributed by atoms with Gasteiger partial charge in [0.2, 0.25) is 0 Å². The van der Waals surface area contributed by atoms with Gasteiger partial charge < -0.3 is 20.2 Å². The minimum atomic E-state index is -0.00945. The summed E-state index contributed by atoms with van der Waals surface area (Å²) in [5.41, 5.74) is -0.00945. The fraction of sp³-hybridized carbons (Fsp3) is 1.00. The van der Waals surface area contributed by atoms with E-state index in [1.54, 1.807) is 0 Å². The summed E-state index contributed by atoms with van der Waals surface area (Å²) in [5.74, 6) is 0.624. The molecule has 0 aliphatic heterocycles. The summed E-state index contributed by atoms with van der Waals surface area (Å²) in [5, 5.41) is 13.1. The lowest BCUT2D eigenvalue weighted by molar-refractivity contribution is 0.120. The van der Waals surface area contributed by atoms with E-state index in [1.807, 2.05) is 7.05 Å². The Labute approximate surface area is 119 Å². The summed E-state index contributed by atoms with van der Waals surface area (Å²) in [4.78, 5) is 4.67. The summed E-state index contributed by atoms with van der Waals surface area (Å²) in [6, 6.07) is 0. The van der Waals surface area contributed by atoms with Gasteiger partial charge in [0.25, 0.3) is 0 Å². The van der Waals surface area contributed by atoms with Gasteiger partial charge in [-0.25, -0.2) is 0 Å². The van der Waals surface area contributed by atoms with E-state index >= 15 is 0 Å². The second-order valence-electron chi connectivity index (χ2n) is 6.40. The summed E-state index contributed by atoms with van der Waals surface area (Å²) < 4.78 is 0. The third-order valence-electron chi connectivity index (χ3n) is 4.74. The molecule has 4 heteroatoms. The molecular weight excluding hydrogens is 238 g/mol. The first-order valence-corrected chi connectivity index (χ1v) is 7.67. The monoisotopic (exact) mass is 271 g/mol. The second-order valence-corrected chi connectivity index (χ2v) is 6.40. The fourth-order valence-corrected chi connectivity index (χ4v) is 3.33. The molecule has 2 atom stereocenters. The second kappa shape index (κ2) is 8.20. The lowest BCUT2D eigenvalue weighted by atomic mass is 9.85. The Morgan fingerprint density at radius 3 is 2.53 bits per heavy atom. The first kappa shape index (κ1) is 16.9. The fourth-order valence-electron chi connectivity index (χ4n) is 3.33. The quantitative estimate of drug-likeness (QED) is 0.656. The van der Waals surface area contributed by atoms with E-state index in [4.69, 9.17) is 0 Å². The van der Waals surface area contributed by atoms with Crippen molar-refractivity contribution in [2.45, 2.75) is 37.6 Å². The Balaban J connectivity index is 2.27. The number of nitrogens with one attached hydrogen (secondary N) is 1. The molecule has 0 aromatic heterocycles. The molecule has 0 radical (unpaired) electrons. The molecule has 0 spiro atoms. The van der Waals surface area contributed by atoms with Gasteiger partial charge in [0, 0.05) is 5.54 Å². The van der Waals surface area contributed by atoms with E-state index in [2.05, 4.69) is 36.3 Å². The highest BCUT2D eigenvalue weighted by atomic mass is 16.3. The molecule has 1 saturated carbocycles. The van der Waals surface area contributed by atoms with E-state index < -0.39 is 0 Å². The van der Waals surface area contributed by atoms with Crippen LogP contribution in [0, 0.1) is 5.92 Å². The zero-order valence-electron chi connectivity index (χ0n) is 13.3.